The molecule has 0 aliphatic carbocycles. The molecule has 3 aromatic rings. The van der Waals surface area contributed by atoms with Gasteiger partial charge in [0.1, 0.15) is 0 Å². The zero-order valence-corrected chi connectivity index (χ0v) is 16.4. The number of rotatable bonds is 5. The van der Waals surface area contributed by atoms with Crippen molar-refractivity contribution in [1.82, 2.24) is 9.88 Å². The standard InChI is InChI=1S/C24H26N2O2/c1-3-14-26-16(2)15-20-19-6-4-5-7-21(19)25-23(20)24(26)18-11-8-17(9-12-18)10-13-22(27)28/h4-13,16,24-25H,3,14-15H2,1-2H3,(H,27,28)/b13-10+/t16-,24?/m1/s1. The van der Waals surface area contributed by atoms with Crippen molar-refractivity contribution in [3.8, 4) is 0 Å². The fourth-order valence-corrected chi connectivity index (χ4v) is 4.43. The average Bonchev–Trinajstić information content (AvgIpc) is 3.05. The first kappa shape index (κ1) is 18.5. The first-order valence-electron chi connectivity index (χ1n) is 9.94. The second-order valence-corrected chi connectivity index (χ2v) is 7.59. The van der Waals surface area contributed by atoms with Crippen LogP contribution in [0.15, 0.2) is 54.6 Å². The largest absolute Gasteiger partial charge is 0.478 e. The highest BCUT2D eigenvalue weighted by atomic mass is 16.4. The molecule has 0 bridgehead atoms. The topological polar surface area (TPSA) is 56.3 Å². The molecule has 2 heterocycles. The van der Waals surface area contributed by atoms with Gasteiger partial charge in [0.05, 0.1) is 6.04 Å². The summed E-state index contributed by atoms with van der Waals surface area (Å²) >= 11 is 0. The van der Waals surface area contributed by atoms with E-state index in [-0.39, 0.29) is 6.04 Å². The quantitative estimate of drug-likeness (QED) is 0.617. The van der Waals surface area contributed by atoms with Gasteiger partial charge in [-0.15, -0.1) is 0 Å². The Morgan fingerprint density at radius 1 is 1.21 bits per heavy atom. The van der Waals surface area contributed by atoms with Crippen molar-refractivity contribution < 1.29 is 9.90 Å². The van der Waals surface area contributed by atoms with Crippen LogP contribution in [-0.4, -0.2) is 33.5 Å². The molecule has 1 aliphatic heterocycles. The molecule has 0 spiro atoms. The number of nitrogens with zero attached hydrogens (tertiary/aromatic N) is 1. The predicted octanol–water partition coefficient (Wildman–Crippen LogP) is 5.01. The van der Waals surface area contributed by atoms with E-state index in [0.29, 0.717) is 6.04 Å². The van der Waals surface area contributed by atoms with Gasteiger partial charge < -0.3 is 10.1 Å². The van der Waals surface area contributed by atoms with Gasteiger partial charge in [-0.3, -0.25) is 4.90 Å². The number of hydrogen-bond donors (Lipinski definition) is 2. The smallest absolute Gasteiger partial charge is 0.328 e. The zero-order chi connectivity index (χ0) is 19.7. The Balaban J connectivity index is 1.79. The highest BCUT2D eigenvalue weighted by Gasteiger charge is 2.34. The van der Waals surface area contributed by atoms with Gasteiger partial charge in [-0.05, 0) is 55.1 Å². The van der Waals surface area contributed by atoms with Crippen LogP contribution in [0.5, 0.6) is 0 Å². The van der Waals surface area contributed by atoms with E-state index in [1.807, 2.05) is 12.1 Å². The Hall–Kier alpha value is -2.85. The van der Waals surface area contributed by atoms with E-state index < -0.39 is 5.97 Å². The fourth-order valence-electron chi connectivity index (χ4n) is 4.43. The molecule has 0 fully saturated rings. The number of aromatic amines is 1. The van der Waals surface area contributed by atoms with Crippen molar-refractivity contribution in [3.63, 3.8) is 0 Å². The predicted molar refractivity (Wildman–Crippen MR) is 113 cm³/mol. The third-order valence-electron chi connectivity index (χ3n) is 5.67. The number of aliphatic carboxylic acids is 1. The summed E-state index contributed by atoms with van der Waals surface area (Å²) < 4.78 is 0. The molecule has 28 heavy (non-hydrogen) atoms. The normalized spacial score (nSPS) is 19.9. The number of carboxylic acids is 1. The molecule has 1 aliphatic rings. The second kappa shape index (κ2) is 7.64. The van der Waals surface area contributed by atoms with Crippen molar-refractivity contribution in [1.29, 1.82) is 0 Å². The minimum Gasteiger partial charge on any atom is -0.478 e. The maximum atomic E-state index is 10.8. The van der Waals surface area contributed by atoms with Crippen LogP contribution in [0.4, 0.5) is 0 Å². The summed E-state index contributed by atoms with van der Waals surface area (Å²) in [5.41, 5.74) is 6.05. The first-order valence-corrected chi connectivity index (χ1v) is 9.94. The van der Waals surface area contributed by atoms with Gasteiger partial charge in [-0.25, -0.2) is 4.79 Å². The third kappa shape index (κ3) is 3.36. The number of carboxylic acid groups (broad SMARTS) is 1. The van der Waals surface area contributed by atoms with E-state index in [1.165, 1.54) is 33.8 Å². The Kier molecular flexibility index (Phi) is 5.05. The number of aromatic nitrogens is 1. The van der Waals surface area contributed by atoms with Crippen LogP contribution >= 0.6 is 0 Å². The molecule has 4 nitrogen and oxygen atoms in total. The Bertz CT molecular complexity index is 1020. The van der Waals surface area contributed by atoms with Crippen molar-refractivity contribution in [3.05, 3.63) is 77.0 Å². The molecular weight excluding hydrogens is 348 g/mol. The number of hydrogen-bond acceptors (Lipinski definition) is 2. The van der Waals surface area contributed by atoms with Crippen LogP contribution < -0.4 is 0 Å². The lowest BCUT2D eigenvalue weighted by Crippen LogP contribution is -2.43. The van der Waals surface area contributed by atoms with Crippen molar-refractivity contribution in [2.75, 3.05) is 6.54 Å². The SMILES string of the molecule is CCCN1C(c2ccc(/C=C/C(=O)O)cc2)c2[nH]c3ccccc3c2C[C@H]1C. The minimum atomic E-state index is -0.929. The highest BCUT2D eigenvalue weighted by molar-refractivity contribution is 5.86. The van der Waals surface area contributed by atoms with Gasteiger partial charge in [-0.1, -0.05) is 49.4 Å². The lowest BCUT2D eigenvalue weighted by atomic mass is 9.88. The third-order valence-corrected chi connectivity index (χ3v) is 5.67. The van der Waals surface area contributed by atoms with E-state index in [2.05, 4.69) is 60.1 Å². The Labute approximate surface area is 165 Å². The van der Waals surface area contributed by atoms with Gasteiger partial charge in [0.25, 0.3) is 0 Å². The summed E-state index contributed by atoms with van der Waals surface area (Å²) in [6.45, 7) is 5.59. The molecule has 0 amide bonds. The molecule has 144 valence electrons. The average molecular weight is 374 g/mol. The molecule has 4 rings (SSSR count). The number of carbonyl (C=O) groups is 1. The van der Waals surface area contributed by atoms with Gasteiger partial charge in [0, 0.05) is 28.7 Å². The van der Waals surface area contributed by atoms with Gasteiger partial charge in [-0.2, -0.15) is 0 Å². The fraction of sp³-hybridized carbons (Fsp3) is 0.292. The number of benzene rings is 2. The maximum absolute atomic E-state index is 10.8. The molecule has 2 N–H and O–H groups in total. The molecule has 0 saturated heterocycles. The molecule has 2 atom stereocenters. The summed E-state index contributed by atoms with van der Waals surface area (Å²) in [7, 11) is 0. The first-order chi connectivity index (χ1) is 13.6. The number of para-hydroxylation sites is 1. The maximum Gasteiger partial charge on any atom is 0.328 e. The monoisotopic (exact) mass is 374 g/mol. The summed E-state index contributed by atoms with van der Waals surface area (Å²) in [6.07, 6.45) is 4.97. The minimum absolute atomic E-state index is 0.184. The van der Waals surface area contributed by atoms with E-state index in [0.717, 1.165) is 24.9 Å². The Morgan fingerprint density at radius 2 is 1.96 bits per heavy atom. The lowest BCUT2D eigenvalue weighted by Gasteiger charge is -2.41. The van der Waals surface area contributed by atoms with Crippen LogP contribution in [0.3, 0.4) is 0 Å². The van der Waals surface area contributed by atoms with Crippen molar-refractivity contribution >= 4 is 22.9 Å². The summed E-state index contributed by atoms with van der Waals surface area (Å²) in [5, 5.41) is 10.2. The highest BCUT2D eigenvalue weighted by Crippen LogP contribution is 2.40. The van der Waals surface area contributed by atoms with Crippen molar-refractivity contribution in [2.45, 2.75) is 38.8 Å². The van der Waals surface area contributed by atoms with E-state index in [1.54, 1.807) is 6.08 Å². The Morgan fingerprint density at radius 3 is 2.68 bits per heavy atom. The molecular formula is C24H26N2O2. The molecule has 4 heteroatoms. The zero-order valence-electron chi connectivity index (χ0n) is 16.4. The molecule has 0 saturated carbocycles. The second-order valence-electron chi connectivity index (χ2n) is 7.59. The van der Waals surface area contributed by atoms with Crippen LogP contribution in [0, 0.1) is 0 Å². The molecule has 0 radical (unpaired) electrons. The summed E-state index contributed by atoms with van der Waals surface area (Å²) in [6, 6.07) is 17.5. The van der Waals surface area contributed by atoms with Crippen LogP contribution in [0.25, 0.3) is 17.0 Å². The number of nitrogens with one attached hydrogen (secondary N) is 1. The van der Waals surface area contributed by atoms with E-state index in [9.17, 15) is 4.79 Å². The summed E-state index contributed by atoms with van der Waals surface area (Å²) in [5.74, 6) is -0.929. The van der Waals surface area contributed by atoms with E-state index >= 15 is 0 Å². The number of fused-ring (bicyclic) bond motifs is 3. The lowest BCUT2D eigenvalue weighted by molar-refractivity contribution is -0.131. The van der Waals surface area contributed by atoms with Crippen LogP contribution in [0.2, 0.25) is 0 Å². The number of H-pyrrole nitrogens is 1. The molecule has 1 unspecified atom stereocenters. The van der Waals surface area contributed by atoms with E-state index in [4.69, 9.17) is 5.11 Å². The van der Waals surface area contributed by atoms with Crippen LogP contribution in [0.1, 0.15) is 48.7 Å². The van der Waals surface area contributed by atoms with Crippen LogP contribution in [-0.2, 0) is 11.2 Å². The van der Waals surface area contributed by atoms with Gasteiger partial charge in [0.15, 0.2) is 0 Å². The van der Waals surface area contributed by atoms with Gasteiger partial charge in [0.2, 0.25) is 0 Å². The van der Waals surface area contributed by atoms with Crippen molar-refractivity contribution in [2.24, 2.45) is 0 Å². The molecule has 1 aromatic heterocycles. The molecule has 2 aromatic carbocycles. The van der Waals surface area contributed by atoms with Gasteiger partial charge >= 0.3 is 5.97 Å². The summed E-state index contributed by atoms with van der Waals surface area (Å²) in [4.78, 5) is 17.0.